The molecular formula is C24H28N4O6. The monoisotopic (exact) mass is 468 g/mol. The largest absolute Gasteiger partial charge is 0.463 e. The van der Waals surface area contributed by atoms with Gasteiger partial charge < -0.3 is 25.0 Å². The highest BCUT2D eigenvalue weighted by molar-refractivity contribution is 6.05. The lowest BCUT2D eigenvalue weighted by Crippen LogP contribution is -2.39. The van der Waals surface area contributed by atoms with Gasteiger partial charge in [-0.1, -0.05) is 32.0 Å². The van der Waals surface area contributed by atoms with E-state index in [9.17, 15) is 19.8 Å². The molecule has 2 aromatic heterocycles. The second-order valence-electron chi connectivity index (χ2n) is 8.92. The van der Waals surface area contributed by atoms with Crippen LogP contribution in [0, 0.1) is 5.92 Å². The van der Waals surface area contributed by atoms with Gasteiger partial charge in [0.15, 0.2) is 5.82 Å². The van der Waals surface area contributed by atoms with Crippen LogP contribution in [0.25, 0.3) is 5.52 Å². The van der Waals surface area contributed by atoms with Gasteiger partial charge in [-0.2, -0.15) is 5.10 Å². The van der Waals surface area contributed by atoms with Gasteiger partial charge in [-0.15, -0.1) is 0 Å². The number of carbonyl (C=O) groups excluding carboxylic acids is 2. The van der Waals surface area contributed by atoms with Crippen LogP contribution in [0.1, 0.15) is 43.2 Å². The molecule has 3 heterocycles. The molecule has 1 fully saturated rings. The number of amides is 1. The van der Waals surface area contributed by atoms with Crippen molar-refractivity contribution in [3.8, 4) is 0 Å². The van der Waals surface area contributed by atoms with E-state index >= 15 is 0 Å². The molecule has 0 spiro atoms. The standard InChI is InChI=1S/C24H28N4O6/c1-14(2)11-19(29)33-12-17-20(30)21(31)24(3,34-17)18-10-9-16-22(25-13-26-28(16)18)27-23(32)15-7-5-4-6-8-15/h4-10,13-14,17,20-21,30-31H,11-12H2,1-3H3,(H,25,26,27,32)/t17-,20-,21-,24+/m1/s1. The SMILES string of the molecule is CC(C)CC(=O)OC[C@H]1O[C@@](C)(c2ccc3c(NC(=O)c4ccccc4)ncnn23)[C@H](O)[C@@H]1O. The molecule has 1 aliphatic rings. The number of anilines is 1. The first-order chi connectivity index (χ1) is 16.2. The van der Waals surface area contributed by atoms with Crippen molar-refractivity contribution < 1.29 is 29.3 Å². The Balaban J connectivity index is 1.56. The fraction of sp³-hybridized carbons (Fsp3) is 0.417. The number of rotatable bonds is 7. The summed E-state index contributed by atoms with van der Waals surface area (Å²) in [4.78, 5) is 28.7. The van der Waals surface area contributed by atoms with Crippen molar-refractivity contribution in [2.24, 2.45) is 5.92 Å². The van der Waals surface area contributed by atoms with E-state index in [0.29, 0.717) is 16.8 Å². The van der Waals surface area contributed by atoms with Crippen molar-refractivity contribution >= 4 is 23.2 Å². The Bertz CT molecular complexity index is 1180. The van der Waals surface area contributed by atoms with Crippen molar-refractivity contribution in [1.29, 1.82) is 0 Å². The van der Waals surface area contributed by atoms with Gasteiger partial charge in [0.1, 0.15) is 42.4 Å². The van der Waals surface area contributed by atoms with Gasteiger partial charge in [0.05, 0.1) is 5.69 Å². The molecule has 0 saturated carbocycles. The number of hydrogen-bond donors (Lipinski definition) is 3. The first-order valence-electron chi connectivity index (χ1n) is 11.1. The number of nitrogens with zero attached hydrogens (tertiary/aromatic N) is 3. The van der Waals surface area contributed by atoms with Crippen LogP contribution < -0.4 is 5.32 Å². The molecule has 1 aliphatic heterocycles. The Morgan fingerprint density at radius 1 is 1.21 bits per heavy atom. The molecule has 4 rings (SSSR count). The van der Waals surface area contributed by atoms with E-state index in [1.807, 2.05) is 19.9 Å². The zero-order chi connectivity index (χ0) is 24.5. The number of aliphatic hydroxyl groups excluding tert-OH is 2. The van der Waals surface area contributed by atoms with Crippen LogP contribution in [-0.2, 0) is 19.9 Å². The number of nitrogens with one attached hydrogen (secondary N) is 1. The minimum absolute atomic E-state index is 0.140. The van der Waals surface area contributed by atoms with Crippen LogP contribution in [0.2, 0.25) is 0 Å². The summed E-state index contributed by atoms with van der Waals surface area (Å²) < 4.78 is 12.8. The summed E-state index contributed by atoms with van der Waals surface area (Å²) >= 11 is 0. The number of carbonyl (C=O) groups is 2. The van der Waals surface area contributed by atoms with E-state index in [1.165, 1.54) is 10.8 Å². The second-order valence-corrected chi connectivity index (χ2v) is 8.92. The number of esters is 1. The summed E-state index contributed by atoms with van der Waals surface area (Å²) in [5, 5.41) is 28.5. The molecule has 1 saturated heterocycles. The van der Waals surface area contributed by atoms with Crippen LogP contribution in [-0.4, -0.2) is 61.6 Å². The Morgan fingerprint density at radius 2 is 1.94 bits per heavy atom. The zero-order valence-corrected chi connectivity index (χ0v) is 19.2. The lowest BCUT2D eigenvalue weighted by atomic mass is 9.93. The number of aliphatic hydroxyl groups is 2. The molecule has 1 amide bonds. The van der Waals surface area contributed by atoms with E-state index in [4.69, 9.17) is 9.47 Å². The van der Waals surface area contributed by atoms with Gasteiger partial charge in [0.25, 0.3) is 5.91 Å². The number of benzene rings is 1. The maximum Gasteiger partial charge on any atom is 0.306 e. The molecule has 0 bridgehead atoms. The molecule has 4 atom stereocenters. The Hall–Kier alpha value is -3.34. The Kier molecular flexibility index (Phi) is 6.65. The maximum atomic E-state index is 12.6. The van der Waals surface area contributed by atoms with Crippen molar-refractivity contribution in [1.82, 2.24) is 14.6 Å². The summed E-state index contributed by atoms with van der Waals surface area (Å²) in [5.74, 6) is -0.299. The summed E-state index contributed by atoms with van der Waals surface area (Å²) in [5.41, 5.74) is 0.0593. The first-order valence-corrected chi connectivity index (χ1v) is 11.1. The Morgan fingerprint density at radius 3 is 2.65 bits per heavy atom. The first kappa shape index (κ1) is 23.8. The molecule has 0 unspecified atom stereocenters. The molecule has 0 aliphatic carbocycles. The van der Waals surface area contributed by atoms with Crippen LogP contribution in [0.4, 0.5) is 5.82 Å². The highest BCUT2D eigenvalue weighted by Crippen LogP contribution is 2.40. The number of fused-ring (bicyclic) bond motifs is 1. The van der Waals surface area contributed by atoms with Crippen LogP contribution in [0.5, 0.6) is 0 Å². The Labute approximate surface area is 196 Å². The predicted molar refractivity (Wildman–Crippen MR) is 122 cm³/mol. The average molecular weight is 469 g/mol. The van der Waals surface area contributed by atoms with Crippen LogP contribution in [0.15, 0.2) is 48.8 Å². The molecule has 10 nitrogen and oxygen atoms in total. The predicted octanol–water partition coefficient (Wildman–Crippen LogP) is 1.91. The van der Waals surface area contributed by atoms with E-state index in [2.05, 4.69) is 15.4 Å². The minimum atomic E-state index is -1.35. The third kappa shape index (κ3) is 4.52. The fourth-order valence-corrected chi connectivity index (χ4v) is 4.07. The number of hydrogen-bond acceptors (Lipinski definition) is 8. The van der Waals surface area contributed by atoms with Crippen molar-refractivity contribution in [3.63, 3.8) is 0 Å². The van der Waals surface area contributed by atoms with Crippen LogP contribution in [0.3, 0.4) is 0 Å². The van der Waals surface area contributed by atoms with E-state index in [0.717, 1.165) is 0 Å². The second kappa shape index (κ2) is 9.49. The fourth-order valence-electron chi connectivity index (χ4n) is 4.07. The van der Waals surface area contributed by atoms with Crippen LogP contribution >= 0.6 is 0 Å². The quantitative estimate of drug-likeness (QED) is 0.448. The van der Waals surface area contributed by atoms with E-state index < -0.39 is 29.9 Å². The molecule has 3 N–H and O–H groups in total. The van der Waals surface area contributed by atoms with Gasteiger partial charge in [-0.25, -0.2) is 9.50 Å². The van der Waals surface area contributed by atoms with Crippen molar-refractivity contribution in [2.75, 3.05) is 11.9 Å². The normalized spacial score (nSPS) is 24.5. The summed E-state index contributed by atoms with van der Waals surface area (Å²) in [6, 6.07) is 12.1. The van der Waals surface area contributed by atoms with Gasteiger partial charge in [-0.3, -0.25) is 9.59 Å². The summed E-state index contributed by atoms with van der Waals surface area (Å²) in [6.45, 7) is 5.25. The van der Waals surface area contributed by atoms with Crippen molar-refractivity contribution in [2.45, 2.75) is 51.1 Å². The lowest BCUT2D eigenvalue weighted by Gasteiger charge is -2.27. The summed E-state index contributed by atoms with van der Waals surface area (Å²) in [6.07, 6.45) is -1.97. The topological polar surface area (TPSA) is 135 Å². The molecule has 1 aromatic carbocycles. The van der Waals surface area contributed by atoms with Gasteiger partial charge in [0, 0.05) is 12.0 Å². The molecule has 10 heteroatoms. The number of ether oxygens (including phenoxy) is 2. The van der Waals surface area contributed by atoms with Gasteiger partial charge >= 0.3 is 5.97 Å². The highest BCUT2D eigenvalue weighted by Gasteiger charge is 2.54. The van der Waals surface area contributed by atoms with Gasteiger partial charge in [0.2, 0.25) is 0 Å². The molecule has 0 radical (unpaired) electrons. The van der Waals surface area contributed by atoms with E-state index in [1.54, 1.807) is 43.3 Å². The summed E-state index contributed by atoms with van der Waals surface area (Å²) in [7, 11) is 0. The zero-order valence-electron chi connectivity index (χ0n) is 19.2. The van der Waals surface area contributed by atoms with Crippen molar-refractivity contribution in [3.05, 3.63) is 60.0 Å². The smallest absolute Gasteiger partial charge is 0.306 e. The third-order valence-electron chi connectivity index (χ3n) is 5.88. The molecule has 3 aromatic rings. The van der Waals surface area contributed by atoms with Gasteiger partial charge in [-0.05, 0) is 37.1 Å². The third-order valence-corrected chi connectivity index (χ3v) is 5.88. The molecule has 34 heavy (non-hydrogen) atoms. The lowest BCUT2D eigenvalue weighted by molar-refractivity contribution is -0.152. The number of aromatic nitrogens is 3. The maximum absolute atomic E-state index is 12.6. The average Bonchev–Trinajstić information content (AvgIpc) is 3.34. The van der Waals surface area contributed by atoms with E-state index in [-0.39, 0.29) is 30.7 Å². The highest BCUT2D eigenvalue weighted by atomic mass is 16.6. The minimum Gasteiger partial charge on any atom is -0.463 e. The molecule has 180 valence electrons. The molecular weight excluding hydrogens is 440 g/mol.